The zero-order chi connectivity index (χ0) is 23.1. The number of para-hydroxylation sites is 1. The first-order chi connectivity index (χ1) is 16.6. The van der Waals surface area contributed by atoms with Crippen molar-refractivity contribution in [1.82, 2.24) is 15.1 Å². The summed E-state index contributed by atoms with van der Waals surface area (Å²) in [6.45, 7) is 3.83. The number of nitrogens with one attached hydrogen (secondary N) is 1. The number of rotatable bonds is 8. The van der Waals surface area contributed by atoms with Gasteiger partial charge in [0.05, 0.1) is 24.6 Å². The minimum absolute atomic E-state index is 0.0275. The van der Waals surface area contributed by atoms with Gasteiger partial charge in [-0.2, -0.15) is 5.10 Å². The van der Waals surface area contributed by atoms with Gasteiger partial charge in [0.15, 0.2) is 0 Å². The van der Waals surface area contributed by atoms with Gasteiger partial charge in [-0.25, -0.2) is 14.5 Å². The highest BCUT2D eigenvalue weighted by atomic mass is 17.2. The maximum Gasteiger partial charge on any atom is 0.270 e. The topological polar surface area (TPSA) is 65.4 Å². The number of benzene rings is 1. The van der Waals surface area contributed by atoms with Crippen LogP contribution >= 0.6 is 0 Å². The summed E-state index contributed by atoms with van der Waals surface area (Å²) in [5.74, 6) is 3.02. The van der Waals surface area contributed by atoms with Gasteiger partial charge < -0.3 is 5.32 Å². The molecule has 0 saturated heterocycles. The summed E-state index contributed by atoms with van der Waals surface area (Å²) in [7, 11) is 0. The molecule has 1 aromatic carbocycles. The molecule has 1 heterocycles. The third-order valence-electron chi connectivity index (χ3n) is 8.86. The normalized spacial score (nSPS) is 31.4. The standard InChI is InChI=1S/C28H37N3O3/c1-2-33-34-17-19-8-9-25-24(13-19)26(31(30-25)23-6-4-3-5-7-23)27(32)29-18-28-14-20-10-21(15-28)12-22(11-20)16-28/h3-7,19-22H,2,8-18H2,1H3,(H,29,32). The smallest absolute Gasteiger partial charge is 0.270 e. The summed E-state index contributed by atoms with van der Waals surface area (Å²) in [5.41, 5.74) is 4.11. The predicted octanol–water partition coefficient (Wildman–Crippen LogP) is 4.89. The highest BCUT2D eigenvalue weighted by molar-refractivity contribution is 5.95. The van der Waals surface area contributed by atoms with E-state index in [1.165, 1.54) is 38.5 Å². The lowest BCUT2D eigenvalue weighted by atomic mass is 9.49. The first kappa shape index (κ1) is 22.3. The van der Waals surface area contributed by atoms with E-state index < -0.39 is 0 Å². The zero-order valence-corrected chi connectivity index (χ0v) is 20.3. The second-order valence-corrected chi connectivity index (χ2v) is 11.4. The van der Waals surface area contributed by atoms with Gasteiger partial charge in [-0.1, -0.05) is 18.2 Å². The fourth-order valence-corrected chi connectivity index (χ4v) is 7.86. The minimum atomic E-state index is 0.0275. The monoisotopic (exact) mass is 463 g/mol. The molecule has 1 amide bonds. The molecular weight excluding hydrogens is 426 g/mol. The Morgan fingerprint density at radius 1 is 1.09 bits per heavy atom. The first-order valence-electron chi connectivity index (χ1n) is 13.3. The van der Waals surface area contributed by atoms with Gasteiger partial charge in [0.25, 0.3) is 5.91 Å². The van der Waals surface area contributed by atoms with Crippen molar-refractivity contribution in [2.24, 2.45) is 29.1 Å². The second kappa shape index (κ2) is 9.12. The van der Waals surface area contributed by atoms with E-state index >= 15 is 0 Å². The van der Waals surface area contributed by atoms with Gasteiger partial charge in [0.2, 0.25) is 0 Å². The maximum atomic E-state index is 13.8. The van der Waals surface area contributed by atoms with Gasteiger partial charge in [0.1, 0.15) is 5.69 Å². The lowest BCUT2D eigenvalue weighted by Gasteiger charge is -2.56. The third kappa shape index (κ3) is 4.20. The molecule has 1 atom stereocenters. The van der Waals surface area contributed by atoms with Crippen LogP contribution in [0, 0.1) is 29.1 Å². The van der Waals surface area contributed by atoms with Crippen molar-refractivity contribution in [3.63, 3.8) is 0 Å². The molecule has 4 bridgehead atoms. The quantitative estimate of drug-likeness (QED) is 0.344. The van der Waals surface area contributed by atoms with E-state index in [9.17, 15) is 4.79 Å². The number of hydrogen-bond acceptors (Lipinski definition) is 4. The van der Waals surface area contributed by atoms with Crippen molar-refractivity contribution < 1.29 is 14.6 Å². The van der Waals surface area contributed by atoms with Crippen LogP contribution in [0.25, 0.3) is 5.69 Å². The molecule has 0 spiro atoms. The largest absolute Gasteiger partial charge is 0.350 e. The number of hydrogen-bond donors (Lipinski definition) is 1. The molecule has 4 saturated carbocycles. The Balaban J connectivity index is 1.25. The molecule has 1 N–H and O–H groups in total. The molecule has 0 radical (unpaired) electrons. The second-order valence-electron chi connectivity index (χ2n) is 11.4. The Morgan fingerprint density at radius 3 is 2.47 bits per heavy atom. The van der Waals surface area contributed by atoms with Crippen LogP contribution < -0.4 is 5.32 Å². The molecule has 5 aliphatic rings. The summed E-state index contributed by atoms with van der Waals surface area (Å²) in [5, 5.41) is 8.35. The molecule has 182 valence electrons. The molecule has 7 rings (SSSR count). The predicted molar refractivity (Wildman–Crippen MR) is 130 cm³/mol. The molecule has 34 heavy (non-hydrogen) atoms. The van der Waals surface area contributed by atoms with E-state index in [1.807, 2.05) is 41.9 Å². The number of amides is 1. The van der Waals surface area contributed by atoms with Gasteiger partial charge in [0, 0.05) is 12.1 Å². The van der Waals surface area contributed by atoms with Crippen molar-refractivity contribution in [3.05, 3.63) is 47.3 Å². The molecule has 6 heteroatoms. The number of nitrogens with zero attached hydrogens (tertiary/aromatic N) is 2. The zero-order valence-electron chi connectivity index (χ0n) is 20.3. The van der Waals surface area contributed by atoms with Gasteiger partial charge >= 0.3 is 0 Å². The van der Waals surface area contributed by atoms with Gasteiger partial charge in [-0.05, 0) is 106 Å². The SMILES string of the molecule is CCOOCC1CCc2nn(-c3ccccc3)c(C(=O)NCC34CC5CC(CC(C5)C3)C4)c2C1. The highest BCUT2D eigenvalue weighted by Crippen LogP contribution is 2.59. The van der Waals surface area contributed by atoms with Gasteiger partial charge in [-0.3, -0.25) is 4.79 Å². The Bertz CT molecular complexity index is 996. The first-order valence-corrected chi connectivity index (χ1v) is 13.3. The van der Waals surface area contributed by atoms with E-state index in [0.29, 0.717) is 30.2 Å². The fourth-order valence-electron chi connectivity index (χ4n) is 7.86. The van der Waals surface area contributed by atoms with Crippen molar-refractivity contribution in [1.29, 1.82) is 0 Å². The Kier molecular flexibility index (Phi) is 5.98. The molecule has 4 fully saturated rings. The van der Waals surface area contributed by atoms with Crippen LogP contribution in [-0.2, 0) is 22.6 Å². The van der Waals surface area contributed by atoms with Crippen LogP contribution in [0.2, 0.25) is 0 Å². The molecule has 0 aliphatic heterocycles. The summed E-state index contributed by atoms with van der Waals surface area (Å²) in [4.78, 5) is 24.3. The molecule has 1 unspecified atom stereocenters. The average molecular weight is 464 g/mol. The number of carbonyl (C=O) groups excluding carboxylic acids is 1. The van der Waals surface area contributed by atoms with Gasteiger partial charge in [-0.15, -0.1) is 0 Å². The number of aromatic nitrogens is 2. The Labute approximate surface area is 202 Å². The van der Waals surface area contributed by atoms with E-state index in [1.54, 1.807) is 0 Å². The van der Waals surface area contributed by atoms with Crippen LogP contribution in [0.15, 0.2) is 30.3 Å². The molecule has 2 aromatic rings. The number of fused-ring (bicyclic) bond motifs is 1. The molecule has 5 aliphatic carbocycles. The van der Waals surface area contributed by atoms with Crippen LogP contribution in [0.3, 0.4) is 0 Å². The van der Waals surface area contributed by atoms with E-state index in [4.69, 9.17) is 14.9 Å². The fraction of sp³-hybridized carbons (Fsp3) is 0.643. The summed E-state index contributed by atoms with van der Waals surface area (Å²) in [6, 6.07) is 10.1. The lowest BCUT2D eigenvalue weighted by Crippen LogP contribution is -2.51. The molecular formula is C28H37N3O3. The van der Waals surface area contributed by atoms with Crippen molar-refractivity contribution in [2.45, 2.75) is 64.7 Å². The highest BCUT2D eigenvalue weighted by Gasteiger charge is 2.50. The summed E-state index contributed by atoms with van der Waals surface area (Å²) in [6.07, 6.45) is 10.8. The third-order valence-corrected chi connectivity index (χ3v) is 8.86. The Morgan fingerprint density at radius 2 is 1.79 bits per heavy atom. The van der Waals surface area contributed by atoms with E-state index in [0.717, 1.165) is 60.5 Å². The maximum absolute atomic E-state index is 13.8. The molecule has 1 aromatic heterocycles. The molecule has 6 nitrogen and oxygen atoms in total. The van der Waals surface area contributed by atoms with Crippen molar-refractivity contribution >= 4 is 5.91 Å². The van der Waals surface area contributed by atoms with E-state index in [2.05, 4.69) is 5.32 Å². The number of aryl methyl sites for hydroxylation is 1. The van der Waals surface area contributed by atoms with Crippen LogP contribution in [0.4, 0.5) is 0 Å². The van der Waals surface area contributed by atoms with E-state index in [-0.39, 0.29) is 5.91 Å². The average Bonchev–Trinajstić information content (AvgIpc) is 3.21. The minimum Gasteiger partial charge on any atom is -0.350 e. The van der Waals surface area contributed by atoms with Crippen LogP contribution in [0.5, 0.6) is 0 Å². The van der Waals surface area contributed by atoms with Crippen LogP contribution in [0.1, 0.15) is 73.6 Å². The Hall–Kier alpha value is -2.18. The summed E-state index contributed by atoms with van der Waals surface area (Å²) < 4.78 is 1.88. The summed E-state index contributed by atoms with van der Waals surface area (Å²) >= 11 is 0. The van der Waals surface area contributed by atoms with Crippen molar-refractivity contribution in [3.8, 4) is 5.69 Å². The van der Waals surface area contributed by atoms with Crippen molar-refractivity contribution in [2.75, 3.05) is 19.8 Å². The lowest BCUT2D eigenvalue weighted by molar-refractivity contribution is -0.298. The number of carbonyl (C=O) groups is 1. The van der Waals surface area contributed by atoms with Crippen LogP contribution in [-0.4, -0.2) is 35.4 Å².